The van der Waals surface area contributed by atoms with Crippen LogP contribution >= 0.6 is 12.4 Å². The van der Waals surface area contributed by atoms with E-state index in [4.69, 9.17) is 0 Å². The van der Waals surface area contributed by atoms with Crippen LogP contribution in [0.2, 0.25) is 0 Å². The minimum Gasteiger partial charge on any atom is -0.354 e. The Kier molecular flexibility index (Phi) is 7.77. The third-order valence-electron chi connectivity index (χ3n) is 4.54. The Bertz CT molecular complexity index is 261. The first-order chi connectivity index (χ1) is 8.75. The molecule has 2 N–H and O–H groups in total. The minimum absolute atomic E-state index is 0. The number of amides is 1. The Morgan fingerprint density at radius 2 is 1.95 bits per heavy atom. The number of hydrogen-bond donors (Lipinski definition) is 2. The fraction of sp³-hybridized carbons (Fsp3) is 0.933. The van der Waals surface area contributed by atoms with E-state index in [0.29, 0.717) is 6.04 Å². The zero-order valence-corrected chi connectivity index (χ0v) is 12.9. The van der Waals surface area contributed by atoms with Crippen LogP contribution in [0.4, 0.5) is 0 Å². The normalized spacial score (nSPS) is 25.6. The summed E-state index contributed by atoms with van der Waals surface area (Å²) in [6.45, 7) is 4.01. The van der Waals surface area contributed by atoms with Gasteiger partial charge < -0.3 is 10.6 Å². The first kappa shape index (κ1) is 16.8. The molecule has 0 aromatic carbocycles. The second kappa shape index (κ2) is 8.80. The van der Waals surface area contributed by atoms with Crippen molar-refractivity contribution in [2.24, 2.45) is 11.8 Å². The molecule has 3 nitrogen and oxygen atoms in total. The average Bonchev–Trinajstić information content (AvgIpc) is 2.90. The zero-order valence-electron chi connectivity index (χ0n) is 12.1. The molecule has 1 heterocycles. The summed E-state index contributed by atoms with van der Waals surface area (Å²) in [6, 6.07) is 0.510. The van der Waals surface area contributed by atoms with Gasteiger partial charge in [0.15, 0.2) is 0 Å². The highest BCUT2D eigenvalue weighted by atomic mass is 35.5. The maximum atomic E-state index is 12.0. The molecule has 0 aromatic rings. The van der Waals surface area contributed by atoms with Gasteiger partial charge in [-0.15, -0.1) is 12.4 Å². The lowest BCUT2D eigenvalue weighted by Gasteiger charge is -2.24. The van der Waals surface area contributed by atoms with Gasteiger partial charge in [-0.25, -0.2) is 0 Å². The van der Waals surface area contributed by atoms with Gasteiger partial charge in [0.05, 0.1) is 0 Å². The highest BCUT2D eigenvalue weighted by Crippen LogP contribution is 2.28. The molecule has 2 rings (SSSR count). The van der Waals surface area contributed by atoms with Crippen LogP contribution in [0.5, 0.6) is 0 Å². The predicted molar refractivity (Wildman–Crippen MR) is 81.6 cm³/mol. The van der Waals surface area contributed by atoms with Gasteiger partial charge in [-0.2, -0.15) is 0 Å². The van der Waals surface area contributed by atoms with Crippen LogP contribution in [0.25, 0.3) is 0 Å². The molecule has 4 heteroatoms. The van der Waals surface area contributed by atoms with Crippen LogP contribution in [-0.4, -0.2) is 25.0 Å². The maximum Gasteiger partial charge on any atom is 0.222 e. The lowest BCUT2D eigenvalue weighted by Crippen LogP contribution is -2.39. The van der Waals surface area contributed by atoms with Crippen molar-refractivity contribution in [1.29, 1.82) is 0 Å². The van der Waals surface area contributed by atoms with Crippen LogP contribution in [-0.2, 0) is 4.79 Å². The van der Waals surface area contributed by atoms with E-state index in [1.165, 1.54) is 44.9 Å². The molecule has 2 aliphatic rings. The van der Waals surface area contributed by atoms with Gasteiger partial charge in [0.1, 0.15) is 0 Å². The summed E-state index contributed by atoms with van der Waals surface area (Å²) < 4.78 is 0. The summed E-state index contributed by atoms with van der Waals surface area (Å²) in [5, 5.41) is 6.53. The van der Waals surface area contributed by atoms with E-state index in [1.807, 2.05) is 0 Å². The van der Waals surface area contributed by atoms with Crippen molar-refractivity contribution in [3.63, 3.8) is 0 Å². The molecule has 1 amide bonds. The molecule has 2 fully saturated rings. The quantitative estimate of drug-likeness (QED) is 0.817. The number of nitrogens with one attached hydrogen (secondary N) is 2. The van der Waals surface area contributed by atoms with Crippen LogP contribution < -0.4 is 10.6 Å². The highest BCUT2D eigenvalue weighted by Gasteiger charge is 2.22. The summed E-state index contributed by atoms with van der Waals surface area (Å²) in [5.74, 6) is 1.24. The Balaban J connectivity index is 0.00000180. The van der Waals surface area contributed by atoms with E-state index in [0.717, 1.165) is 25.4 Å². The topological polar surface area (TPSA) is 41.1 Å². The van der Waals surface area contributed by atoms with Crippen molar-refractivity contribution >= 4 is 18.3 Å². The first-order valence-corrected chi connectivity index (χ1v) is 7.77. The standard InChI is InChI=1S/C15H28N2O.ClH/c1-12(10-13-6-3-2-4-7-13)15(18)17-11-14-8-5-9-16-14;/h12-14,16H,2-11H2,1H3,(H,17,18);1H. The Morgan fingerprint density at radius 1 is 1.21 bits per heavy atom. The zero-order chi connectivity index (χ0) is 12.8. The largest absolute Gasteiger partial charge is 0.354 e. The fourth-order valence-electron chi connectivity index (χ4n) is 3.36. The first-order valence-electron chi connectivity index (χ1n) is 7.77. The molecule has 0 radical (unpaired) electrons. The van der Waals surface area contributed by atoms with Crippen molar-refractivity contribution in [3.8, 4) is 0 Å². The molecule has 0 aromatic heterocycles. The number of carbonyl (C=O) groups excluding carboxylic acids is 1. The molecule has 1 saturated carbocycles. The van der Waals surface area contributed by atoms with E-state index in [2.05, 4.69) is 17.6 Å². The third-order valence-corrected chi connectivity index (χ3v) is 4.54. The van der Waals surface area contributed by atoms with Crippen LogP contribution in [0.15, 0.2) is 0 Å². The molecule has 1 aliphatic carbocycles. The highest BCUT2D eigenvalue weighted by molar-refractivity contribution is 5.85. The minimum atomic E-state index is 0. The molecule has 1 aliphatic heterocycles. The van der Waals surface area contributed by atoms with Gasteiger partial charge in [-0.05, 0) is 31.7 Å². The van der Waals surface area contributed by atoms with E-state index in [-0.39, 0.29) is 24.2 Å². The van der Waals surface area contributed by atoms with Crippen LogP contribution in [0, 0.1) is 11.8 Å². The monoisotopic (exact) mass is 288 g/mol. The molecule has 1 saturated heterocycles. The average molecular weight is 289 g/mol. The van der Waals surface area contributed by atoms with Crippen molar-refractivity contribution in [2.45, 2.75) is 64.3 Å². The van der Waals surface area contributed by atoms with Gasteiger partial charge >= 0.3 is 0 Å². The molecule has 2 atom stereocenters. The predicted octanol–water partition coefficient (Wildman–Crippen LogP) is 2.88. The molecule has 19 heavy (non-hydrogen) atoms. The van der Waals surface area contributed by atoms with Gasteiger partial charge in [0, 0.05) is 18.5 Å². The number of halogens is 1. The third kappa shape index (κ3) is 5.70. The Labute approximate surface area is 123 Å². The SMILES string of the molecule is CC(CC1CCCCC1)C(=O)NCC1CCCN1.Cl. The van der Waals surface area contributed by atoms with Gasteiger partial charge in [-0.3, -0.25) is 4.79 Å². The molecule has 2 unspecified atom stereocenters. The number of hydrogen-bond acceptors (Lipinski definition) is 2. The summed E-state index contributed by atoms with van der Waals surface area (Å²) >= 11 is 0. The lowest BCUT2D eigenvalue weighted by molar-refractivity contribution is -0.125. The van der Waals surface area contributed by atoms with Gasteiger partial charge in [0.2, 0.25) is 5.91 Å². The van der Waals surface area contributed by atoms with Crippen LogP contribution in [0.3, 0.4) is 0 Å². The Hall–Kier alpha value is -0.280. The van der Waals surface area contributed by atoms with Gasteiger partial charge in [0.25, 0.3) is 0 Å². The molecular formula is C15H29ClN2O. The number of carbonyl (C=O) groups is 1. The van der Waals surface area contributed by atoms with Crippen molar-refractivity contribution in [1.82, 2.24) is 10.6 Å². The molecule has 112 valence electrons. The van der Waals surface area contributed by atoms with Crippen molar-refractivity contribution < 1.29 is 4.79 Å². The summed E-state index contributed by atoms with van der Waals surface area (Å²) in [5.41, 5.74) is 0. The van der Waals surface area contributed by atoms with Gasteiger partial charge in [-0.1, -0.05) is 39.0 Å². The second-order valence-electron chi connectivity index (χ2n) is 6.18. The molecule has 0 spiro atoms. The van der Waals surface area contributed by atoms with E-state index < -0.39 is 0 Å². The summed E-state index contributed by atoms with van der Waals surface area (Å²) in [6.07, 6.45) is 10.3. The molecule has 0 bridgehead atoms. The van der Waals surface area contributed by atoms with E-state index >= 15 is 0 Å². The van der Waals surface area contributed by atoms with Crippen molar-refractivity contribution in [3.05, 3.63) is 0 Å². The fourth-order valence-corrected chi connectivity index (χ4v) is 3.36. The van der Waals surface area contributed by atoms with Crippen molar-refractivity contribution in [2.75, 3.05) is 13.1 Å². The maximum absolute atomic E-state index is 12.0. The Morgan fingerprint density at radius 3 is 2.58 bits per heavy atom. The van der Waals surface area contributed by atoms with E-state index in [1.54, 1.807) is 0 Å². The second-order valence-corrected chi connectivity index (χ2v) is 6.18. The molecular weight excluding hydrogens is 260 g/mol. The van der Waals surface area contributed by atoms with E-state index in [9.17, 15) is 4.79 Å². The summed E-state index contributed by atoms with van der Waals surface area (Å²) in [4.78, 5) is 12.0. The summed E-state index contributed by atoms with van der Waals surface area (Å²) in [7, 11) is 0. The van der Waals surface area contributed by atoms with Crippen LogP contribution in [0.1, 0.15) is 58.3 Å². The smallest absolute Gasteiger partial charge is 0.222 e. The number of rotatable bonds is 5. The lowest BCUT2D eigenvalue weighted by atomic mass is 9.83.